The molecule has 1 aromatic rings. The summed E-state index contributed by atoms with van der Waals surface area (Å²) in [6.45, 7) is 4.49. The molecule has 1 heteroatoms. The molecule has 1 aromatic carbocycles. The van der Waals surface area contributed by atoms with E-state index in [2.05, 4.69) is 32.0 Å². The fourth-order valence-corrected chi connectivity index (χ4v) is 4.33. The highest BCUT2D eigenvalue weighted by molar-refractivity contribution is 5.35. The number of nitrogens with two attached hydrogens (primary N) is 1. The van der Waals surface area contributed by atoms with Gasteiger partial charge in [-0.1, -0.05) is 44.9 Å². The van der Waals surface area contributed by atoms with Crippen LogP contribution in [0.2, 0.25) is 0 Å². The van der Waals surface area contributed by atoms with Crippen LogP contribution in [0.4, 0.5) is 0 Å². The molecule has 3 unspecified atom stereocenters. The zero-order valence-corrected chi connectivity index (χ0v) is 12.4. The summed E-state index contributed by atoms with van der Waals surface area (Å²) in [4.78, 5) is 0. The van der Waals surface area contributed by atoms with Gasteiger partial charge in [-0.25, -0.2) is 0 Å². The van der Waals surface area contributed by atoms with E-state index in [9.17, 15) is 0 Å². The van der Waals surface area contributed by atoms with Gasteiger partial charge < -0.3 is 5.73 Å². The van der Waals surface area contributed by atoms with Gasteiger partial charge in [0.05, 0.1) is 0 Å². The molecule has 19 heavy (non-hydrogen) atoms. The minimum atomic E-state index is 0.282. The molecule has 0 radical (unpaired) electrons. The van der Waals surface area contributed by atoms with Gasteiger partial charge in [0.2, 0.25) is 0 Å². The van der Waals surface area contributed by atoms with Crippen LogP contribution in [0.5, 0.6) is 0 Å². The highest BCUT2D eigenvalue weighted by Crippen LogP contribution is 2.59. The third kappa shape index (κ3) is 2.33. The Morgan fingerprint density at radius 3 is 2.26 bits per heavy atom. The van der Waals surface area contributed by atoms with Crippen molar-refractivity contribution in [1.29, 1.82) is 0 Å². The molecule has 0 amide bonds. The number of rotatable bonds is 4. The molecule has 0 aliphatic heterocycles. The average Bonchev–Trinajstić information content (AvgIpc) is 3.20. The Morgan fingerprint density at radius 2 is 1.68 bits per heavy atom. The largest absolute Gasteiger partial charge is 0.324 e. The minimum absolute atomic E-state index is 0.282. The van der Waals surface area contributed by atoms with Gasteiger partial charge in [0.25, 0.3) is 0 Å². The second-order valence-corrected chi connectivity index (χ2v) is 6.45. The summed E-state index contributed by atoms with van der Waals surface area (Å²) in [7, 11) is 0. The molecule has 2 aliphatic rings. The predicted octanol–water partition coefficient (Wildman–Crippen LogP) is 4.25. The highest BCUT2D eigenvalue weighted by Gasteiger charge is 2.53. The maximum absolute atomic E-state index is 6.58. The Labute approximate surface area is 117 Å². The molecule has 3 atom stereocenters. The summed E-state index contributed by atoms with van der Waals surface area (Å²) in [6.07, 6.45) is 7.97. The van der Waals surface area contributed by atoms with E-state index in [1.54, 1.807) is 0 Å². The van der Waals surface area contributed by atoms with Crippen LogP contribution < -0.4 is 5.73 Å². The van der Waals surface area contributed by atoms with Crippen molar-refractivity contribution in [3.8, 4) is 0 Å². The molecular weight excluding hydrogens is 230 g/mol. The van der Waals surface area contributed by atoms with Gasteiger partial charge in [0, 0.05) is 6.04 Å². The average molecular weight is 257 g/mol. The van der Waals surface area contributed by atoms with E-state index in [-0.39, 0.29) is 6.04 Å². The number of benzene rings is 1. The van der Waals surface area contributed by atoms with Crippen molar-refractivity contribution in [2.45, 2.75) is 58.4 Å². The van der Waals surface area contributed by atoms with E-state index in [0.29, 0.717) is 0 Å². The Hall–Kier alpha value is -0.820. The Kier molecular flexibility index (Phi) is 3.66. The first-order valence-corrected chi connectivity index (χ1v) is 8.13. The van der Waals surface area contributed by atoms with Crippen LogP contribution in [0.1, 0.15) is 62.3 Å². The predicted molar refractivity (Wildman–Crippen MR) is 81.1 cm³/mol. The lowest BCUT2D eigenvalue weighted by atomic mass is 9.94. The lowest BCUT2D eigenvalue weighted by Gasteiger charge is -2.15. The normalized spacial score (nSPS) is 30.8. The Balaban J connectivity index is 1.78. The van der Waals surface area contributed by atoms with E-state index in [1.165, 1.54) is 42.4 Å². The van der Waals surface area contributed by atoms with Gasteiger partial charge in [0.15, 0.2) is 0 Å². The molecule has 104 valence electrons. The summed E-state index contributed by atoms with van der Waals surface area (Å²) in [5, 5.41) is 0. The standard InChI is InChI=1S/C18H27N/c1-3-12-9-10-14(11-13(12)4-2)18(19)17-15-7-5-6-8-16(15)17/h9-11,15-18H,3-8,19H2,1-2H3. The van der Waals surface area contributed by atoms with E-state index < -0.39 is 0 Å². The third-order valence-electron chi connectivity index (χ3n) is 5.51. The molecule has 0 saturated heterocycles. The minimum Gasteiger partial charge on any atom is -0.324 e. The van der Waals surface area contributed by atoms with Crippen LogP contribution in [0, 0.1) is 17.8 Å². The second-order valence-electron chi connectivity index (χ2n) is 6.45. The SMILES string of the molecule is CCc1ccc(C(N)C2C3CCCCC32)cc1CC. The van der Waals surface area contributed by atoms with Gasteiger partial charge in [0.1, 0.15) is 0 Å². The van der Waals surface area contributed by atoms with Crippen LogP contribution >= 0.6 is 0 Å². The maximum atomic E-state index is 6.58. The van der Waals surface area contributed by atoms with Crippen molar-refractivity contribution in [3.05, 3.63) is 34.9 Å². The monoisotopic (exact) mass is 257 g/mol. The summed E-state index contributed by atoms with van der Waals surface area (Å²) >= 11 is 0. The summed E-state index contributed by atoms with van der Waals surface area (Å²) in [5.41, 5.74) is 10.9. The van der Waals surface area contributed by atoms with E-state index in [0.717, 1.165) is 30.6 Å². The smallest absolute Gasteiger partial charge is 0.0329 e. The van der Waals surface area contributed by atoms with Crippen molar-refractivity contribution in [2.24, 2.45) is 23.5 Å². The van der Waals surface area contributed by atoms with Crippen LogP contribution in [-0.2, 0) is 12.8 Å². The number of fused-ring (bicyclic) bond motifs is 1. The number of hydrogen-bond donors (Lipinski definition) is 1. The number of aryl methyl sites for hydroxylation is 2. The third-order valence-corrected chi connectivity index (χ3v) is 5.51. The topological polar surface area (TPSA) is 26.0 Å². The van der Waals surface area contributed by atoms with Crippen molar-refractivity contribution < 1.29 is 0 Å². The fourth-order valence-electron chi connectivity index (χ4n) is 4.33. The Bertz CT molecular complexity index is 439. The highest BCUT2D eigenvalue weighted by atomic mass is 14.7. The van der Waals surface area contributed by atoms with Crippen molar-refractivity contribution in [2.75, 3.05) is 0 Å². The molecule has 2 N–H and O–H groups in total. The van der Waals surface area contributed by atoms with Crippen LogP contribution in [0.25, 0.3) is 0 Å². The first-order valence-electron chi connectivity index (χ1n) is 8.13. The summed E-state index contributed by atoms with van der Waals surface area (Å²) < 4.78 is 0. The molecular formula is C18H27N. The summed E-state index contributed by atoms with van der Waals surface area (Å²) in [5.74, 6) is 2.67. The van der Waals surface area contributed by atoms with Crippen molar-refractivity contribution in [1.82, 2.24) is 0 Å². The quantitative estimate of drug-likeness (QED) is 0.857. The molecule has 0 spiro atoms. The molecule has 0 bridgehead atoms. The maximum Gasteiger partial charge on any atom is 0.0329 e. The fraction of sp³-hybridized carbons (Fsp3) is 0.667. The molecule has 0 aromatic heterocycles. The van der Waals surface area contributed by atoms with Crippen molar-refractivity contribution in [3.63, 3.8) is 0 Å². The Morgan fingerprint density at radius 1 is 1.05 bits per heavy atom. The summed E-state index contributed by atoms with van der Waals surface area (Å²) in [6, 6.07) is 7.25. The lowest BCUT2D eigenvalue weighted by Crippen LogP contribution is -2.15. The zero-order chi connectivity index (χ0) is 13.4. The first-order chi connectivity index (χ1) is 9.26. The van der Waals surface area contributed by atoms with Crippen LogP contribution in [0.15, 0.2) is 18.2 Å². The number of hydrogen-bond acceptors (Lipinski definition) is 1. The molecule has 0 heterocycles. The molecule has 2 fully saturated rings. The van der Waals surface area contributed by atoms with Crippen LogP contribution in [-0.4, -0.2) is 0 Å². The first kappa shape index (κ1) is 13.2. The zero-order valence-electron chi connectivity index (χ0n) is 12.4. The molecule has 1 nitrogen and oxygen atoms in total. The van der Waals surface area contributed by atoms with Gasteiger partial charge in [-0.05, 0) is 60.1 Å². The van der Waals surface area contributed by atoms with Gasteiger partial charge >= 0.3 is 0 Å². The molecule has 2 saturated carbocycles. The van der Waals surface area contributed by atoms with Gasteiger partial charge in [-0.15, -0.1) is 0 Å². The van der Waals surface area contributed by atoms with Gasteiger partial charge in [-0.2, -0.15) is 0 Å². The lowest BCUT2D eigenvalue weighted by molar-refractivity contribution is 0.480. The van der Waals surface area contributed by atoms with E-state index >= 15 is 0 Å². The van der Waals surface area contributed by atoms with Crippen molar-refractivity contribution >= 4 is 0 Å². The molecule has 2 aliphatic carbocycles. The van der Waals surface area contributed by atoms with Gasteiger partial charge in [-0.3, -0.25) is 0 Å². The van der Waals surface area contributed by atoms with E-state index in [4.69, 9.17) is 5.73 Å². The second kappa shape index (κ2) is 5.28. The van der Waals surface area contributed by atoms with E-state index in [1.807, 2.05) is 0 Å². The molecule has 3 rings (SSSR count). The van der Waals surface area contributed by atoms with Crippen LogP contribution in [0.3, 0.4) is 0 Å².